The van der Waals surface area contributed by atoms with Crippen LogP contribution in [-0.4, -0.2) is 53.8 Å². The molecule has 9 heteroatoms. The van der Waals surface area contributed by atoms with Crippen LogP contribution >= 0.6 is 0 Å². The van der Waals surface area contributed by atoms with Crippen molar-refractivity contribution in [3.63, 3.8) is 0 Å². The molecule has 0 aromatic carbocycles. The Kier molecular flexibility index (Phi) is 2.54. The Morgan fingerprint density at radius 3 is 2.82 bits per heavy atom. The number of aromatic nitrogens is 3. The van der Waals surface area contributed by atoms with E-state index < -0.39 is 30.1 Å². The molecule has 2 unspecified atom stereocenters. The van der Waals surface area contributed by atoms with E-state index in [1.807, 2.05) is 6.92 Å². The van der Waals surface area contributed by atoms with Crippen molar-refractivity contribution >= 4 is 17.0 Å². The van der Waals surface area contributed by atoms with E-state index >= 15 is 0 Å². The fraction of sp³-hybridized carbons (Fsp3) is 0.538. The van der Waals surface area contributed by atoms with Crippen LogP contribution < -0.4 is 11.3 Å². The molecule has 1 saturated heterocycles. The van der Waals surface area contributed by atoms with E-state index in [-0.39, 0.29) is 17.2 Å². The number of H-pyrrole nitrogens is 1. The number of hydrogen-bond donors (Lipinski definition) is 5. The first-order chi connectivity index (χ1) is 10.4. The standard InChI is InChI=1S/C13H16N4O5/c1-2-4-3-17(9-5(4)10(20)16-12(14)15-9)11-7(19)13(21)6(18)8(13)22-11/h3,6-8,11,18-19,21H,2H2,1H3,(H3,14,15,16,20)/t6?,7-,8+,11?,13-/m0/s1. The van der Waals surface area contributed by atoms with Gasteiger partial charge in [-0.2, -0.15) is 4.98 Å². The fourth-order valence-electron chi connectivity index (χ4n) is 3.25. The van der Waals surface area contributed by atoms with Crippen LogP contribution in [0.4, 0.5) is 5.95 Å². The average Bonchev–Trinajstić information content (AvgIpc) is 2.77. The third-order valence-corrected chi connectivity index (χ3v) is 4.57. The highest BCUT2D eigenvalue weighted by Gasteiger charge is 2.76. The van der Waals surface area contributed by atoms with E-state index in [2.05, 4.69) is 9.97 Å². The number of fused-ring (bicyclic) bond motifs is 2. The van der Waals surface area contributed by atoms with Crippen molar-refractivity contribution in [3.05, 3.63) is 22.1 Å². The van der Waals surface area contributed by atoms with Crippen LogP contribution in [0.5, 0.6) is 0 Å². The third-order valence-electron chi connectivity index (χ3n) is 4.57. The van der Waals surface area contributed by atoms with Gasteiger partial charge in [0, 0.05) is 6.20 Å². The van der Waals surface area contributed by atoms with Crippen molar-refractivity contribution < 1.29 is 20.1 Å². The molecule has 0 spiro atoms. The number of rotatable bonds is 2. The fourth-order valence-corrected chi connectivity index (χ4v) is 3.25. The largest absolute Gasteiger partial charge is 0.387 e. The first kappa shape index (κ1) is 13.7. The molecule has 0 bridgehead atoms. The van der Waals surface area contributed by atoms with Crippen LogP contribution in [0.3, 0.4) is 0 Å². The van der Waals surface area contributed by atoms with Gasteiger partial charge in [-0.05, 0) is 12.0 Å². The lowest BCUT2D eigenvalue weighted by Gasteiger charge is -2.22. The summed E-state index contributed by atoms with van der Waals surface area (Å²) in [6.45, 7) is 1.88. The van der Waals surface area contributed by atoms with Crippen molar-refractivity contribution in [2.75, 3.05) is 5.73 Å². The van der Waals surface area contributed by atoms with Gasteiger partial charge in [-0.25, -0.2) is 0 Å². The van der Waals surface area contributed by atoms with Crippen LogP contribution in [0.25, 0.3) is 11.0 Å². The molecule has 0 amide bonds. The molecule has 118 valence electrons. The van der Waals surface area contributed by atoms with E-state index in [4.69, 9.17) is 10.5 Å². The van der Waals surface area contributed by atoms with E-state index in [1.165, 1.54) is 4.57 Å². The molecule has 4 rings (SSSR count). The molecule has 1 aliphatic heterocycles. The highest BCUT2D eigenvalue weighted by Crippen LogP contribution is 2.53. The molecule has 2 aromatic heterocycles. The van der Waals surface area contributed by atoms with Gasteiger partial charge >= 0.3 is 0 Å². The number of aliphatic hydroxyl groups is 3. The number of nitrogens with two attached hydrogens (primary N) is 1. The number of anilines is 1. The predicted octanol–water partition coefficient (Wildman–Crippen LogP) is -1.77. The molecule has 22 heavy (non-hydrogen) atoms. The second-order valence-corrected chi connectivity index (χ2v) is 5.79. The van der Waals surface area contributed by atoms with Gasteiger partial charge in [-0.3, -0.25) is 9.78 Å². The summed E-state index contributed by atoms with van der Waals surface area (Å²) in [5, 5.41) is 30.3. The first-order valence-electron chi connectivity index (χ1n) is 7.02. The maximum absolute atomic E-state index is 12.1. The second-order valence-electron chi connectivity index (χ2n) is 5.79. The lowest BCUT2D eigenvalue weighted by Crippen LogP contribution is -2.36. The van der Waals surface area contributed by atoms with Crippen molar-refractivity contribution in [1.29, 1.82) is 0 Å². The van der Waals surface area contributed by atoms with Crippen LogP contribution in [0, 0.1) is 0 Å². The van der Waals surface area contributed by atoms with Gasteiger partial charge in [-0.15, -0.1) is 0 Å². The van der Waals surface area contributed by atoms with Gasteiger partial charge in [0.2, 0.25) is 5.95 Å². The molecule has 0 radical (unpaired) electrons. The Morgan fingerprint density at radius 2 is 2.23 bits per heavy atom. The van der Waals surface area contributed by atoms with Crippen molar-refractivity contribution in [2.45, 2.75) is 43.5 Å². The number of aryl methyl sites for hydroxylation is 1. The number of nitrogens with zero attached hydrogens (tertiary/aromatic N) is 2. The molecule has 6 N–H and O–H groups in total. The van der Waals surface area contributed by atoms with Crippen molar-refractivity contribution in [3.8, 4) is 0 Å². The summed E-state index contributed by atoms with van der Waals surface area (Å²) in [5.74, 6) is -0.0455. The van der Waals surface area contributed by atoms with E-state index in [9.17, 15) is 20.1 Å². The first-order valence-corrected chi connectivity index (χ1v) is 7.02. The molecule has 1 aliphatic carbocycles. The van der Waals surface area contributed by atoms with E-state index in [1.54, 1.807) is 6.20 Å². The summed E-state index contributed by atoms with van der Waals surface area (Å²) in [6, 6.07) is 0. The summed E-state index contributed by atoms with van der Waals surface area (Å²) >= 11 is 0. The lowest BCUT2D eigenvalue weighted by atomic mass is 10.1. The van der Waals surface area contributed by atoms with Gasteiger partial charge < -0.3 is 30.4 Å². The van der Waals surface area contributed by atoms with Crippen molar-refractivity contribution in [1.82, 2.24) is 14.5 Å². The van der Waals surface area contributed by atoms with Gasteiger partial charge in [0.15, 0.2) is 17.5 Å². The van der Waals surface area contributed by atoms with Crippen molar-refractivity contribution in [2.24, 2.45) is 0 Å². The quantitative estimate of drug-likeness (QED) is 0.441. The molecule has 1 saturated carbocycles. The number of nitrogen functional groups attached to an aromatic ring is 1. The average molecular weight is 308 g/mol. The van der Waals surface area contributed by atoms with Crippen LogP contribution in [0.2, 0.25) is 0 Å². The Bertz CT molecular complexity index is 830. The maximum atomic E-state index is 12.1. The predicted molar refractivity (Wildman–Crippen MR) is 75.0 cm³/mol. The van der Waals surface area contributed by atoms with Crippen LogP contribution in [-0.2, 0) is 11.2 Å². The number of aromatic amines is 1. The molecular formula is C13H16N4O5. The zero-order chi connectivity index (χ0) is 15.8. The minimum atomic E-state index is -1.67. The molecule has 9 nitrogen and oxygen atoms in total. The molecule has 2 aliphatic rings. The highest BCUT2D eigenvalue weighted by atomic mass is 16.6. The Morgan fingerprint density at radius 1 is 1.50 bits per heavy atom. The number of ether oxygens (including phenoxy) is 1. The Hall–Kier alpha value is -1.94. The number of nitrogens with one attached hydrogen (secondary N) is 1. The van der Waals surface area contributed by atoms with Crippen LogP contribution in [0.1, 0.15) is 18.7 Å². The van der Waals surface area contributed by atoms with E-state index in [0.29, 0.717) is 11.8 Å². The minimum Gasteiger partial charge on any atom is -0.387 e. The van der Waals surface area contributed by atoms with E-state index in [0.717, 1.165) is 5.56 Å². The van der Waals surface area contributed by atoms with Gasteiger partial charge in [0.25, 0.3) is 5.56 Å². The second kappa shape index (κ2) is 4.07. The molecule has 2 fully saturated rings. The van der Waals surface area contributed by atoms with Crippen LogP contribution in [0.15, 0.2) is 11.0 Å². The number of aliphatic hydroxyl groups excluding tert-OH is 2. The maximum Gasteiger partial charge on any atom is 0.262 e. The Balaban J connectivity index is 1.89. The molecule has 3 heterocycles. The summed E-state index contributed by atoms with van der Waals surface area (Å²) in [6.07, 6.45) is -1.97. The summed E-state index contributed by atoms with van der Waals surface area (Å²) in [5.41, 5.74) is 4.57. The Labute approximate surface area is 124 Å². The topological polar surface area (TPSA) is 147 Å². The summed E-state index contributed by atoms with van der Waals surface area (Å²) in [7, 11) is 0. The SMILES string of the molecule is CCc1cn(C2O[C@@H]3C(O)[C@]3(O)[C@H]2O)c2nc(N)[nH]c(=O)c12. The molecule has 5 atom stereocenters. The third kappa shape index (κ3) is 1.46. The monoisotopic (exact) mass is 308 g/mol. The van der Waals surface area contributed by atoms with Gasteiger partial charge in [0.05, 0.1) is 5.39 Å². The van der Waals surface area contributed by atoms with Gasteiger partial charge in [-0.1, -0.05) is 6.92 Å². The zero-order valence-corrected chi connectivity index (χ0v) is 11.7. The number of hydrogen-bond acceptors (Lipinski definition) is 7. The summed E-state index contributed by atoms with van der Waals surface area (Å²) in [4.78, 5) is 18.7. The normalized spacial score (nSPS) is 36.7. The molecular weight excluding hydrogens is 292 g/mol. The summed E-state index contributed by atoms with van der Waals surface area (Å²) < 4.78 is 7.00. The smallest absolute Gasteiger partial charge is 0.262 e. The van der Waals surface area contributed by atoms with Gasteiger partial charge in [0.1, 0.15) is 18.3 Å². The highest BCUT2D eigenvalue weighted by molar-refractivity contribution is 5.80. The lowest BCUT2D eigenvalue weighted by molar-refractivity contribution is -0.0940. The zero-order valence-electron chi connectivity index (χ0n) is 11.7. The molecule has 2 aromatic rings. The minimum absolute atomic E-state index is 0.0455.